The number of carbonyl (C=O) groups is 2. The van der Waals surface area contributed by atoms with E-state index in [1.165, 1.54) is 24.3 Å². The Balaban J connectivity index is 1.41. The first-order valence-electron chi connectivity index (χ1n) is 12.0. The van der Waals surface area contributed by atoms with Crippen LogP contribution < -0.4 is 11.1 Å². The van der Waals surface area contributed by atoms with Gasteiger partial charge in [-0.05, 0) is 37.6 Å². The van der Waals surface area contributed by atoms with Gasteiger partial charge in [0.05, 0.1) is 35.6 Å². The van der Waals surface area contributed by atoms with Crippen molar-refractivity contribution >= 4 is 23.1 Å². The number of benzene rings is 1. The van der Waals surface area contributed by atoms with Crippen molar-refractivity contribution in [1.29, 1.82) is 0 Å². The summed E-state index contributed by atoms with van der Waals surface area (Å²) in [5.74, 6) is -2.64. The van der Waals surface area contributed by atoms with E-state index in [0.29, 0.717) is 11.3 Å². The average Bonchev–Trinajstić information content (AvgIpc) is 3.47. The number of aromatic nitrogens is 4. The third-order valence-corrected chi connectivity index (χ3v) is 6.74. The predicted octanol–water partition coefficient (Wildman–Crippen LogP) is 3.74. The molecule has 0 radical (unpaired) electrons. The van der Waals surface area contributed by atoms with Crippen molar-refractivity contribution in [2.24, 2.45) is 0 Å². The maximum atomic E-state index is 14.9. The predicted molar refractivity (Wildman–Crippen MR) is 134 cm³/mol. The Labute approximate surface area is 223 Å². The fourth-order valence-corrected chi connectivity index (χ4v) is 4.71. The average molecular weight is 559 g/mol. The Bertz CT molecular complexity index is 1650. The van der Waals surface area contributed by atoms with Gasteiger partial charge in [-0.25, -0.2) is 18.3 Å². The summed E-state index contributed by atoms with van der Waals surface area (Å²) >= 11 is 0. The molecule has 0 aliphatic carbocycles. The summed E-state index contributed by atoms with van der Waals surface area (Å²) in [6.07, 6.45) is -4.45. The third-order valence-electron chi connectivity index (χ3n) is 6.74. The highest BCUT2D eigenvalue weighted by Gasteiger charge is 2.38. The van der Waals surface area contributed by atoms with E-state index in [2.05, 4.69) is 20.4 Å². The second-order valence-electron chi connectivity index (χ2n) is 9.49. The maximum Gasteiger partial charge on any atom is 0.418 e. The van der Waals surface area contributed by atoms with Crippen molar-refractivity contribution in [3.63, 3.8) is 0 Å². The highest BCUT2D eigenvalue weighted by molar-refractivity contribution is 5.98. The quantitative estimate of drug-likeness (QED) is 0.368. The third kappa shape index (κ3) is 4.80. The first kappa shape index (κ1) is 27.0. The van der Waals surface area contributed by atoms with Gasteiger partial charge in [-0.2, -0.15) is 18.3 Å². The lowest BCUT2D eigenvalue weighted by Crippen LogP contribution is -2.42. The normalized spacial score (nSPS) is 17.4. The number of rotatable bonds is 4. The molecule has 5 rings (SSSR count). The summed E-state index contributed by atoms with van der Waals surface area (Å²) in [6.45, 7) is 2.63. The van der Waals surface area contributed by atoms with E-state index in [1.807, 2.05) is 0 Å². The summed E-state index contributed by atoms with van der Waals surface area (Å²) in [5.41, 5.74) is 5.20. The number of halogens is 5. The van der Waals surface area contributed by atoms with E-state index >= 15 is 0 Å². The van der Waals surface area contributed by atoms with E-state index < -0.39 is 47.1 Å². The van der Waals surface area contributed by atoms with Gasteiger partial charge in [0.25, 0.3) is 11.8 Å². The van der Waals surface area contributed by atoms with Gasteiger partial charge in [0.2, 0.25) is 0 Å². The molecule has 1 fully saturated rings. The minimum absolute atomic E-state index is 0.0150. The molecule has 3 N–H and O–H groups in total. The summed E-state index contributed by atoms with van der Waals surface area (Å²) < 4.78 is 71.2. The van der Waals surface area contributed by atoms with E-state index in [0.717, 1.165) is 28.0 Å². The van der Waals surface area contributed by atoms with E-state index in [-0.39, 0.29) is 41.3 Å². The lowest BCUT2D eigenvalue weighted by atomic mass is 10.0. The molecule has 0 spiro atoms. The molecule has 0 unspecified atom stereocenters. The van der Waals surface area contributed by atoms with Crippen molar-refractivity contribution in [3.05, 3.63) is 76.6 Å². The van der Waals surface area contributed by atoms with Crippen LogP contribution >= 0.6 is 0 Å². The minimum atomic E-state index is -4.74. The zero-order valence-corrected chi connectivity index (χ0v) is 21.1. The summed E-state index contributed by atoms with van der Waals surface area (Å²) in [7, 11) is 0. The van der Waals surface area contributed by atoms with Crippen LogP contribution in [-0.2, 0) is 6.18 Å². The van der Waals surface area contributed by atoms with Crippen LogP contribution in [-0.4, -0.2) is 61.6 Å². The number of nitrogens with zero attached hydrogens (tertiary/aromatic N) is 5. The second kappa shape index (κ2) is 9.84. The van der Waals surface area contributed by atoms with Crippen LogP contribution in [0.25, 0.3) is 16.8 Å². The van der Waals surface area contributed by atoms with Crippen LogP contribution in [0.15, 0.2) is 42.9 Å². The van der Waals surface area contributed by atoms with Gasteiger partial charge in [-0.3, -0.25) is 14.6 Å². The molecular weight excluding hydrogens is 537 g/mol. The van der Waals surface area contributed by atoms with Gasteiger partial charge in [-0.1, -0.05) is 12.1 Å². The smallest absolute Gasteiger partial charge is 0.382 e. The number of likely N-dealkylation sites (tertiary alicyclic amines) is 1. The van der Waals surface area contributed by atoms with Crippen LogP contribution in [0, 0.1) is 19.7 Å². The highest BCUT2D eigenvalue weighted by Crippen LogP contribution is 2.38. The topological polar surface area (TPSA) is 119 Å². The monoisotopic (exact) mass is 559 g/mol. The van der Waals surface area contributed by atoms with Crippen LogP contribution in [0.3, 0.4) is 0 Å². The highest BCUT2D eigenvalue weighted by atomic mass is 19.4. The van der Waals surface area contributed by atoms with Gasteiger partial charge >= 0.3 is 6.18 Å². The van der Waals surface area contributed by atoms with E-state index in [9.17, 15) is 31.5 Å². The van der Waals surface area contributed by atoms with Crippen molar-refractivity contribution in [2.75, 3.05) is 18.8 Å². The fourth-order valence-electron chi connectivity index (χ4n) is 4.71. The second-order valence-corrected chi connectivity index (χ2v) is 9.49. The first-order chi connectivity index (χ1) is 18.8. The Hall–Kier alpha value is -4.62. The Morgan fingerprint density at radius 1 is 1.07 bits per heavy atom. The molecule has 4 heterocycles. The summed E-state index contributed by atoms with van der Waals surface area (Å²) in [4.78, 5) is 34.5. The number of carbonyl (C=O) groups excluding carboxylic acids is 2. The largest absolute Gasteiger partial charge is 0.418 e. The number of alkyl halides is 4. The molecule has 0 saturated carbocycles. The molecule has 14 heteroatoms. The Kier molecular flexibility index (Phi) is 6.64. The number of nitrogens with one attached hydrogen (secondary N) is 1. The molecule has 0 bridgehead atoms. The SMILES string of the molecule is Cc1cc(C(=O)N2C[C@H](F)[C@H](NC(=O)c3cc(-c4cc(C(F)(F)F)c5c(N)ncnn45)ccc3C)C2)c(F)cn1. The Morgan fingerprint density at radius 2 is 1.82 bits per heavy atom. The van der Waals surface area contributed by atoms with Crippen molar-refractivity contribution in [1.82, 2.24) is 29.8 Å². The van der Waals surface area contributed by atoms with E-state index in [1.54, 1.807) is 13.8 Å². The molecule has 1 aliphatic heterocycles. The van der Waals surface area contributed by atoms with Crippen molar-refractivity contribution < 1.29 is 31.5 Å². The minimum Gasteiger partial charge on any atom is -0.382 e. The molecule has 1 saturated heterocycles. The first-order valence-corrected chi connectivity index (χ1v) is 12.0. The molecule has 2 amide bonds. The van der Waals surface area contributed by atoms with Gasteiger partial charge in [0.1, 0.15) is 18.0 Å². The number of nitrogens with two attached hydrogens (primary N) is 1. The molecule has 3 aromatic heterocycles. The fraction of sp³-hybridized carbons (Fsp3) is 0.269. The van der Waals surface area contributed by atoms with Gasteiger partial charge in [-0.15, -0.1) is 0 Å². The van der Waals surface area contributed by atoms with Crippen LogP contribution in [0.5, 0.6) is 0 Å². The van der Waals surface area contributed by atoms with Gasteiger partial charge in [0.15, 0.2) is 11.6 Å². The lowest BCUT2D eigenvalue weighted by Gasteiger charge is -2.18. The zero-order valence-electron chi connectivity index (χ0n) is 21.1. The van der Waals surface area contributed by atoms with E-state index in [4.69, 9.17) is 5.73 Å². The number of pyridine rings is 1. The standard InChI is InChI=1S/C26H22F5N7O2/c1-12-3-4-14(21-7-17(26(29,30)31)22-23(32)34-11-35-38(21)22)6-15(12)24(39)36-20-10-37(9-19(20)28)25(40)16-5-13(2)33-8-18(16)27/h3-8,11,19-20H,9-10H2,1-2H3,(H,36,39)(H2,32,34,35)/t19-,20+/m0/s1. The van der Waals surface area contributed by atoms with Crippen molar-refractivity contribution in [2.45, 2.75) is 32.2 Å². The molecule has 4 aromatic rings. The number of anilines is 1. The summed E-state index contributed by atoms with van der Waals surface area (Å²) in [6, 6.07) is 5.46. The van der Waals surface area contributed by atoms with Gasteiger partial charge in [0, 0.05) is 23.4 Å². The molecule has 9 nitrogen and oxygen atoms in total. The molecule has 208 valence electrons. The zero-order chi connectivity index (χ0) is 28.9. The number of amides is 2. The molecule has 1 aliphatic rings. The van der Waals surface area contributed by atoms with Crippen LogP contribution in [0.2, 0.25) is 0 Å². The molecule has 1 aromatic carbocycles. The number of aryl methyl sites for hydroxylation is 2. The van der Waals surface area contributed by atoms with Crippen LogP contribution in [0.1, 0.15) is 37.5 Å². The number of hydrogen-bond donors (Lipinski definition) is 2. The Morgan fingerprint density at radius 3 is 2.55 bits per heavy atom. The maximum absolute atomic E-state index is 14.9. The number of hydrogen-bond acceptors (Lipinski definition) is 6. The summed E-state index contributed by atoms with van der Waals surface area (Å²) in [5, 5.41) is 6.47. The van der Waals surface area contributed by atoms with Gasteiger partial charge < -0.3 is 16.0 Å². The number of fused-ring (bicyclic) bond motifs is 1. The molecule has 40 heavy (non-hydrogen) atoms. The van der Waals surface area contributed by atoms with Crippen LogP contribution in [0.4, 0.5) is 27.8 Å². The van der Waals surface area contributed by atoms with Crippen molar-refractivity contribution in [3.8, 4) is 11.3 Å². The molecular formula is C26H22F5N7O2. The lowest BCUT2D eigenvalue weighted by molar-refractivity contribution is -0.136. The number of nitrogen functional groups attached to an aromatic ring is 1. The molecule has 2 atom stereocenters.